The average Bonchev–Trinajstić information content (AvgIpc) is 3.32. The number of anilines is 1. The van der Waals surface area contributed by atoms with Gasteiger partial charge in [-0.2, -0.15) is 0 Å². The van der Waals surface area contributed by atoms with Gasteiger partial charge in [-0.1, -0.05) is 20.8 Å². The van der Waals surface area contributed by atoms with Crippen molar-refractivity contribution < 1.29 is 9.59 Å². The Morgan fingerprint density at radius 1 is 1.15 bits per heavy atom. The van der Waals surface area contributed by atoms with Crippen LogP contribution in [0.5, 0.6) is 0 Å². The van der Waals surface area contributed by atoms with Gasteiger partial charge in [-0.15, -0.1) is 22.7 Å². The molecule has 0 saturated heterocycles. The zero-order valence-corrected chi connectivity index (χ0v) is 21.5. The summed E-state index contributed by atoms with van der Waals surface area (Å²) < 4.78 is 1.37. The highest BCUT2D eigenvalue weighted by molar-refractivity contribution is 7.18. The smallest absolute Gasteiger partial charge is 0.262 e. The van der Waals surface area contributed by atoms with Crippen LogP contribution in [0.4, 0.5) is 5.00 Å². The monoisotopic (exact) mass is 498 g/mol. The summed E-state index contributed by atoms with van der Waals surface area (Å²) in [6, 6.07) is 0. The lowest BCUT2D eigenvalue weighted by molar-refractivity contribution is -0.116. The molecule has 0 bridgehead atoms. The lowest BCUT2D eigenvalue weighted by Gasteiger charge is -2.33. The van der Waals surface area contributed by atoms with Gasteiger partial charge < -0.3 is 11.1 Å². The molecule has 3 aromatic rings. The van der Waals surface area contributed by atoms with Crippen LogP contribution in [0.15, 0.2) is 11.1 Å². The minimum absolute atomic E-state index is 0.155. The van der Waals surface area contributed by atoms with Gasteiger partial charge in [0.1, 0.15) is 16.4 Å². The second kappa shape index (κ2) is 8.61. The fourth-order valence-electron chi connectivity index (χ4n) is 5.29. The molecule has 0 saturated carbocycles. The van der Waals surface area contributed by atoms with Crippen LogP contribution in [0.1, 0.15) is 71.3 Å². The molecule has 5 rings (SSSR count). The largest absolute Gasteiger partial charge is 0.365 e. The van der Waals surface area contributed by atoms with Gasteiger partial charge in [0.05, 0.1) is 17.3 Å². The second-order valence-corrected chi connectivity index (χ2v) is 12.7. The molecule has 1 atom stereocenters. The molecule has 0 aromatic carbocycles. The Kier molecular flexibility index (Phi) is 5.88. The van der Waals surface area contributed by atoms with E-state index in [9.17, 15) is 14.4 Å². The number of thiophene rings is 2. The molecule has 3 heterocycles. The van der Waals surface area contributed by atoms with Crippen molar-refractivity contribution in [3.63, 3.8) is 0 Å². The summed E-state index contributed by atoms with van der Waals surface area (Å²) in [4.78, 5) is 46.0. The number of nitrogens with zero attached hydrogens (tertiary/aromatic N) is 2. The Bertz CT molecular complexity index is 1360. The lowest BCUT2D eigenvalue weighted by atomic mass is 9.72. The third kappa shape index (κ3) is 4.09. The molecule has 1 unspecified atom stereocenters. The number of hydrogen-bond acceptors (Lipinski definition) is 6. The van der Waals surface area contributed by atoms with Crippen molar-refractivity contribution in [2.24, 2.45) is 17.1 Å². The highest BCUT2D eigenvalue weighted by Crippen LogP contribution is 2.42. The number of fused-ring (bicyclic) bond motifs is 4. The number of primary amides is 1. The Labute approximate surface area is 206 Å². The number of rotatable bonds is 4. The molecule has 0 spiro atoms. The van der Waals surface area contributed by atoms with Crippen LogP contribution in [-0.4, -0.2) is 21.4 Å². The highest BCUT2D eigenvalue weighted by Gasteiger charge is 2.32. The summed E-state index contributed by atoms with van der Waals surface area (Å²) in [7, 11) is 0. The van der Waals surface area contributed by atoms with Gasteiger partial charge in [0.2, 0.25) is 5.91 Å². The first-order chi connectivity index (χ1) is 16.1. The van der Waals surface area contributed by atoms with E-state index in [0.29, 0.717) is 21.9 Å². The minimum atomic E-state index is -0.520. The van der Waals surface area contributed by atoms with E-state index in [2.05, 4.69) is 31.1 Å². The normalized spacial score (nSPS) is 17.9. The summed E-state index contributed by atoms with van der Waals surface area (Å²) in [5.74, 6) is -0.299. The van der Waals surface area contributed by atoms with E-state index < -0.39 is 5.91 Å². The Morgan fingerprint density at radius 2 is 1.91 bits per heavy atom. The zero-order chi connectivity index (χ0) is 24.2. The maximum atomic E-state index is 13.3. The first-order valence-electron chi connectivity index (χ1n) is 11.9. The molecule has 3 aromatic heterocycles. The van der Waals surface area contributed by atoms with Gasteiger partial charge in [-0.25, -0.2) is 4.98 Å². The quantitative estimate of drug-likeness (QED) is 0.560. The average molecular weight is 499 g/mol. The van der Waals surface area contributed by atoms with Crippen molar-refractivity contribution in [1.82, 2.24) is 9.55 Å². The number of nitrogens with one attached hydrogen (secondary N) is 1. The molecule has 0 fully saturated rings. The van der Waals surface area contributed by atoms with Crippen LogP contribution in [-0.2, 0) is 37.0 Å². The number of carbonyl (C=O) groups is 2. The van der Waals surface area contributed by atoms with Crippen molar-refractivity contribution in [2.45, 2.75) is 72.3 Å². The number of nitrogens with two attached hydrogens (primary N) is 1. The molecule has 7 nitrogen and oxygen atoms in total. The molecule has 2 amide bonds. The zero-order valence-electron chi connectivity index (χ0n) is 19.8. The fourth-order valence-corrected chi connectivity index (χ4v) is 7.86. The summed E-state index contributed by atoms with van der Waals surface area (Å²) in [6.07, 6.45) is 8.14. The summed E-state index contributed by atoms with van der Waals surface area (Å²) >= 11 is 3.03. The van der Waals surface area contributed by atoms with Crippen molar-refractivity contribution >= 4 is 49.7 Å². The fraction of sp³-hybridized carbons (Fsp3) is 0.520. The number of carbonyl (C=O) groups excluding carboxylic acids is 2. The van der Waals surface area contributed by atoms with E-state index in [4.69, 9.17) is 5.73 Å². The maximum Gasteiger partial charge on any atom is 0.262 e. The number of aromatic nitrogens is 2. The van der Waals surface area contributed by atoms with Crippen LogP contribution in [0.2, 0.25) is 0 Å². The minimum Gasteiger partial charge on any atom is -0.365 e. The summed E-state index contributed by atoms with van der Waals surface area (Å²) in [5, 5.41) is 4.00. The maximum absolute atomic E-state index is 13.3. The Balaban J connectivity index is 1.41. The predicted octanol–water partition coefficient (Wildman–Crippen LogP) is 4.29. The third-order valence-corrected chi connectivity index (χ3v) is 9.61. The Morgan fingerprint density at radius 3 is 2.65 bits per heavy atom. The number of amides is 2. The SMILES string of the molecule is CC(C)(C)C1CCc2c(sc3ncn(CC(=O)Nc4sc5c(c4C(N)=O)CCCC5)c(=O)c23)C1. The van der Waals surface area contributed by atoms with Crippen LogP contribution in [0.3, 0.4) is 0 Å². The molecule has 3 N–H and O–H groups in total. The van der Waals surface area contributed by atoms with Gasteiger partial charge in [-0.05, 0) is 67.4 Å². The first-order valence-corrected chi connectivity index (χ1v) is 13.5. The number of hydrogen-bond donors (Lipinski definition) is 2. The topological polar surface area (TPSA) is 107 Å². The van der Waals surface area contributed by atoms with Gasteiger partial charge in [-0.3, -0.25) is 19.0 Å². The van der Waals surface area contributed by atoms with Crippen molar-refractivity contribution in [2.75, 3.05) is 5.32 Å². The predicted molar refractivity (Wildman–Crippen MR) is 137 cm³/mol. The van der Waals surface area contributed by atoms with Gasteiger partial charge in [0.15, 0.2) is 0 Å². The summed E-state index contributed by atoms with van der Waals surface area (Å²) in [5.41, 5.74) is 8.19. The lowest BCUT2D eigenvalue weighted by Crippen LogP contribution is -2.29. The molecule has 2 aliphatic carbocycles. The molecular weight excluding hydrogens is 468 g/mol. The van der Waals surface area contributed by atoms with Crippen LogP contribution in [0.25, 0.3) is 10.2 Å². The molecule has 180 valence electrons. The highest BCUT2D eigenvalue weighted by atomic mass is 32.1. The standard InChI is InChI=1S/C25H30N4O3S2/c1-25(2,3)13-8-9-15-17(10-13)34-22-20(15)24(32)29(12-27-22)11-18(30)28-23-19(21(26)31)14-6-4-5-7-16(14)33-23/h12-13H,4-11H2,1-3H3,(H2,26,31)(H,28,30). The van der Waals surface area contributed by atoms with Crippen molar-refractivity contribution in [1.29, 1.82) is 0 Å². The van der Waals surface area contributed by atoms with Crippen molar-refractivity contribution in [3.8, 4) is 0 Å². The van der Waals surface area contributed by atoms with E-state index in [1.165, 1.54) is 27.1 Å². The van der Waals surface area contributed by atoms with E-state index >= 15 is 0 Å². The van der Waals surface area contributed by atoms with Crippen LogP contribution < -0.4 is 16.6 Å². The molecule has 34 heavy (non-hydrogen) atoms. The van der Waals surface area contributed by atoms with Gasteiger partial charge in [0, 0.05) is 9.75 Å². The third-order valence-electron chi connectivity index (χ3n) is 7.25. The molecular formula is C25H30N4O3S2. The van der Waals surface area contributed by atoms with Gasteiger partial charge >= 0.3 is 0 Å². The van der Waals surface area contributed by atoms with Crippen molar-refractivity contribution in [3.05, 3.63) is 43.1 Å². The number of aryl methyl sites for hydroxylation is 2. The molecule has 0 radical (unpaired) electrons. The van der Waals surface area contributed by atoms with E-state index in [-0.39, 0.29) is 23.4 Å². The first kappa shape index (κ1) is 23.2. The van der Waals surface area contributed by atoms with Crippen LogP contribution in [0, 0.1) is 11.3 Å². The summed E-state index contributed by atoms with van der Waals surface area (Å²) in [6.45, 7) is 6.66. The molecule has 0 aliphatic heterocycles. The van der Waals surface area contributed by atoms with E-state index in [0.717, 1.165) is 65.8 Å². The Hall–Kier alpha value is -2.52. The molecule has 2 aliphatic rings. The molecule has 9 heteroatoms. The van der Waals surface area contributed by atoms with Gasteiger partial charge in [0.25, 0.3) is 11.5 Å². The van der Waals surface area contributed by atoms with E-state index in [1.807, 2.05) is 0 Å². The second-order valence-electron chi connectivity index (χ2n) is 10.5. The van der Waals surface area contributed by atoms with E-state index in [1.54, 1.807) is 11.3 Å². The van der Waals surface area contributed by atoms with Crippen LogP contribution >= 0.6 is 22.7 Å².